The van der Waals surface area contributed by atoms with Crippen LogP contribution in [0.3, 0.4) is 0 Å². The van der Waals surface area contributed by atoms with Crippen molar-refractivity contribution in [2.75, 3.05) is 7.11 Å². The molecule has 1 rings (SSSR count). The fourth-order valence-corrected chi connectivity index (χ4v) is 1.15. The summed E-state index contributed by atoms with van der Waals surface area (Å²) in [6.45, 7) is 1.67. The average molecular weight is 185 g/mol. The highest BCUT2D eigenvalue weighted by molar-refractivity contribution is 6.31. The Morgan fingerprint density at radius 3 is 2.75 bits per heavy atom. The van der Waals surface area contributed by atoms with E-state index in [1.165, 1.54) is 7.11 Å². The Morgan fingerprint density at radius 1 is 1.67 bits per heavy atom. The van der Waals surface area contributed by atoms with E-state index in [2.05, 4.69) is 4.98 Å². The van der Waals surface area contributed by atoms with E-state index < -0.39 is 0 Å². The number of nitrogens with zero attached hydrogens (tertiary/aromatic N) is 1. The summed E-state index contributed by atoms with van der Waals surface area (Å²) < 4.78 is 5.00. The molecule has 0 aliphatic rings. The van der Waals surface area contributed by atoms with Crippen LogP contribution in [0.25, 0.3) is 0 Å². The predicted octanol–water partition coefficient (Wildman–Crippen LogP) is 2.13. The van der Waals surface area contributed by atoms with Crippen molar-refractivity contribution in [3.05, 3.63) is 23.0 Å². The van der Waals surface area contributed by atoms with Gasteiger partial charge >= 0.3 is 0 Å². The van der Waals surface area contributed by atoms with Crippen LogP contribution < -0.4 is 4.74 Å². The third-order valence-electron chi connectivity index (χ3n) is 1.47. The second kappa shape index (κ2) is 3.54. The quantitative estimate of drug-likeness (QED) is 0.566. The molecule has 0 aliphatic heterocycles. The Labute approximate surface area is 75.8 Å². The van der Waals surface area contributed by atoms with Crippen molar-refractivity contribution < 1.29 is 4.74 Å². The number of hydrogen-bond donors (Lipinski definition) is 1. The van der Waals surface area contributed by atoms with Crippen LogP contribution in [-0.4, -0.2) is 17.8 Å². The van der Waals surface area contributed by atoms with Gasteiger partial charge in [0.15, 0.2) is 10.9 Å². The van der Waals surface area contributed by atoms with Gasteiger partial charge in [0.25, 0.3) is 0 Å². The van der Waals surface area contributed by atoms with Gasteiger partial charge in [0.2, 0.25) is 0 Å². The smallest absolute Gasteiger partial charge is 0.171 e. The Morgan fingerprint density at radius 2 is 2.33 bits per heavy atom. The average Bonchev–Trinajstić information content (AvgIpc) is 2.03. The van der Waals surface area contributed by atoms with Crippen LogP contribution in [0.5, 0.6) is 5.75 Å². The molecule has 3 nitrogen and oxygen atoms in total. The van der Waals surface area contributed by atoms with E-state index >= 15 is 0 Å². The zero-order valence-electron chi connectivity index (χ0n) is 6.89. The summed E-state index contributed by atoms with van der Waals surface area (Å²) in [5, 5.41) is 7.70. The maximum Gasteiger partial charge on any atom is 0.171 e. The van der Waals surface area contributed by atoms with Crippen molar-refractivity contribution in [3.63, 3.8) is 0 Å². The van der Waals surface area contributed by atoms with Crippen molar-refractivity contribution in [2.24, 2.45) is 0 Å². The molecule has 0 saturated carbocycles. The summed E-state index contributed by atoms with van der Waals surface area (Å²) >= 11 is 5.74. The van der Waals surface area contributed by atoms with Gasteiger partial charge in [-0.05, 0) is 13.0 Å². The van der Waals surface area contributed by atoms with Gasteiger partial charge in [0.05, 0.1) is 7.11 Å². The lowest BCUT2D eigenvalue weighted by Crippen LogP contribution is -1.98. The first-order chi connectivity index (χ1) is 5.66. The van der Waals surface area contributed by atoms with Crippen LogP contribution >= 0.6 is 11.6 Å². The zero-order chi connectivity index (χ0) is 9.14. The SMILES string of the molecule is COc1c(C(C)=N)ccnc1Cl. The summed E-state index contributed by atoms with van der Waals surface area (Å²) in [6.07, 6.45) is 1.55. The first-order valence-corrected chi connectivity index (χ1v) is 3.78. The highest BCUT2D eigenvalue weighted by atomic mass is 35.5. The number of nitrogens with one attached hydrogen (secondary N) is 1. The number of halogens is 1. The number of methoxy groups -OCH3 is 1. The van der Waals surface area contributed by atoms with Crippen molar-refractivity contribution in [2.45, 2.75) is 6.92 Å². The normalized spacial score (nSPS) is 9.58. The van der Waals surface area contributed by atoms with E-state index in [4.69, 9.17) is 21.7 Å². The molecule has 0 radical (unpaired) electrons. The van der Waals surface area contributed by atoms with Crippen LogP contribution in [0.2, 0.25) is 5.15 Å². The van der Waals surface area contributed by atoms with Gasteiger partial charge in [-0.2, -0.15) is 0 Å². The molecule has 0 aromatic carbocycles. The number of rotatable bonds is 2. The molecule has 0 fully saturated rings. The number of pyridine rings is 1. The fourth-order valence-electron chi connectivity index (χ4n) is 0.912. The molecule has 0 aliphatic carbocycles. The lowest BCUT2D eigenvalue weighted by atomic mass is 10.2. The number of aromatic nitrogens is 1. The van der Waals surface area contributed by atoms with Crippen molar-refractivity contribution >= 4 is 17.3 Å². The van der Waals surface area contributed by atoms with Crippen molar-refractivity contribution in [1.82, 2.24) is 4.98 Å². The Kier molecular flexibility index (Phi) is 2.65. The van der Waals surface area contributed by atoms with E-state index in [1.807, 2.05) is 0 Å². The van der Waals surface area contributed by atoms with Crippen LogP contribution in [0.4, 0.5) is 0 Å². The third kappa shape index (κ3) is 1.56. The summed E-state index contributed by atoms with van der Waals surface area (Å²) in [6, 6.07) is 1.70. The standard InChI is InChI=1S/C8H9ClN2O/c1-5(10)6-3-4-11-8(9)7(6)12-2/h3-4,10H,1-2H3. The van der Waals surface area contributed by atoms with Crippen LogP contribution in [0, 0.1) is 5.41 Å². The van der Waals surface area contributed by atoms with Crippen molar-refractivity contribution in [3.8, 4) is 5.75 Å². The number of hydrogen-bond acceptors (Lipinski definition) is 3. The molecular formula is C8H9ClN2O. The molecule has 4 heteroatoms. The summed E-state index contributed by atoms with van der Waals surface area (Å²) in [7, 11) is 1.51. The second-order valence-electron chi connectivity index (χ2n) is 2.31. The van der Waals surface area contributed by atoms with E-state index in [-0.39, 0.29) is 0 Å². The minimum Gasteiger partial charge on any atom is -0.493 e. The first kappa shape index (κ1) is 9.00. The fraction of sp³-hybridized carbons (Fsp3) is 0.250. The van der Waals surface area contributed by atoms with Gasteiger partial charge in [-0.3, -0.25) is 0 Å². The largest absolute Gasteiger partial charge is 0.493 e. The maximum atomic E-state index is 7.41. The Balaban J connectivity index is 3.27. The van der Waals surface area contributed by atoms with Crippen LogP contribution in [-0.2, 0) is 0 Å². The molecule has 0 unspecified atom stereocenters. The molecule has 0 bridgehead atoms. The predicted molar refractivity (Wildman–Crippen MR) is 48.3 cm³/mol. The van der Waals surface area contributed by atoms with Gasteiger partial charge in [-0.15, -0.1) is 0 Å². The molecular weight excluding hydrogens is 176 g/mol. The molecule has 0 spiro atoms. The van der Waals surface area contributed by atoms with Gasteiger partial charge < -0.3 is 10.1 Å². The lowest BCUT2D eigenvalue weighted by Gasteiger charge is -2.06. The Bertz CT molecular complexity index is 312. The summed E-state index contributed by atoms with van der Waals surface area (Å²) in [5.74, 6) is 0.465. The van der Waals surface area contributed by atoms with E-state index in [0.717, 1.165) is 0 Å². The van der Waals surface area contributed by atoms with Gasteiger partial charge in [-0.1, -0.05) is 11.6 Å². The Hall–Kier alpha value is -1.09. The molecule has 12 heavy (non-hydrogen) atoms. The second-order valence-corrected chi connectivity index (χ2v) is 2.67. The molecule has 1 heterocycles. The molecule has 0 saturated heterocycles. The minimum absolute atomic E-state index is 0.293. The minimum atomic E-state index is 0.293. The monoisotopic (exact) mass is 184 g/mol. The third-order valence-corrected chi connectivity index (χ3v) is 1.74. The maximum absolute atomic E-state index is 7.41. The van der Waals surface area contributed by atoms with E-state index in [0.29, 0.717) is 22.2 Å². The number of ether oxygens (including phenoxy) is 1. The van der Waals surface area contributed by atoms with Gasteiger partial charge in [-0.25, -0.2) is 4.98 Å². The summed E-state index contributed by atoms with van der Waals surface area (Å²) in [4.78, 5) is 3.84. The zero-order valence-corrected chi connectivity index (χ0v) is 7.64. The highest BCUT2D eigenvalue weighted by Crippen LogP contribution is 2.25. The van der Waals surface area contributed by atoms with Gasteiger partial charge in [0.1, 0.15) is 0 Å². The molecule has 1 N–H and O–H groups in total. The molecule has 1 aromatic rings. The lowest BCUT2D eigenvalue weighted by molar-refractivity contribution is 0.412. The first-order valence-electron chi connectivity index (χ1n) is 3.41. The molecule has 1 aromatic heterocycles. The van der Waals surface area contributed by atoms with E-state index in [1.54, 1.807) is 19.2 Å². The topological polar surface area (TPSA) is 46.0 Å². The molecule has 64 valence electrons. The van der Waals surface area contributed by atoms with Crippen molar-refractivity contribution in [1.29, 1.82) is 5.41 Å². The van der Waals surface area contributed by atoms with Gasteiger partial charge in [0, 0.05) is 17.5 Å². The highest BCUT2D eigenvalue weighted by Gasteiger charge is 2.08. The van der Waals surface area contributed by atoms with Crippen LogP contribution in [0.15, 0.2) is 12.3 Å². The van der Waals surface area contributed by atoms with Crippen LogP contribution in [0.1, 0.15) is 12.5 Å². The molecule has 0 amide bonds. The molecule has 0 atom stereocenters. The van der Waals surface area contributed by atoms with E-state index in [9.17, 15) is 0 Å². The summed E-state index contributed by atoms with van der Waals surface area (Å²) in [5.41, 5.74) is 1.09.